The maximum absolute atomic E-state index is 12.1. The van der Waals surface area contributed by atoms with Crippen LogP contribution < -0.4 is 16.4 Å². The van der Waals surface area contributed by atoms with Gasteiger partial charge in [0.1, 0.15) is 0 Å². The number of rotatable bonds is 6. The Morgan fingerprint density at radius 3 is 2.21 bits per heavy atom. The van der Waals surface area contributed by atoms with Gasteiger partial charge in [-0.15, -0.1) is 0 Å². The van der Waals surface area contributed by atoms with Crippen LogP contribution in [-0.2, 0) is 11.2 Å². The summed E-state index contributed by atoms with van der Waals surface area (Å²) in [5.74, 6) is -0.412. The predicted molar refractivity (Wildman–Crippen MR) is 95.8 cm³/mol. The fourth-order valence-corrected chi connectivity index (χ4v) is 2.06. The van der Waals surface area contributed by atoms with Crippen molar-refractivity contribution in [2.75, 3.05) is 11.9 Å². The van der Waals surface area contributed by atoms with Crippen molar-refractivity contribution >= 4 is 17.5 Å². The van der Waals surface area contributed by atoms with Gasteiger partial charge in [0, 0.05) is 17.8 Å². The van der Waals surface area contributed by atoms with Gasteiger partial charge in [0.15, 0.2) is 0 Å². The van der Waals surface area contributed by atoms with Crippen LogP contribution in [0.25, 0.3) is 0 Å². The first kappa shape index (κ1) is 17.7. The topological polar surface area (TPSA) is 84.2 Å². The summed E-state index contributed by atoms with van der Waals surface area (Å²) in [6.45, 7) is 3.84. The average molecular weight is 325 g/mol. The summed E-state index contributed by atoms with van der Waals surface area (Å²) in [6.07, 6.45) is 0.784. The maximum Gasteiger partial charge on any atom is 0.251 e. The number of hydrogen-bond acceptors (Lipinski definition) is 3. The smallest absolute Gasteiger partial charge is 0.251 e. The minimum atomic E-state index is -0.951. The first-order chi connectivity index (χ1) is 11.4. The zero-order valence-electron chi connectivity index (χ0n) is 14.0. The molecule has 5 nitrogen and oxygen atoms in total. The number of benzene rings is 2. The van der Waals surface area contributed by atoms with E-state index in [1.54, 1.807) is 38.1 Å². The van der Waals surface area contributed by atoms with E-state index in [4.69, 9.17) is 5.73 Å². The van der Waals surface area contributed by atoms with E-state index < -0.39 is 5.54 Å². The zero-order chi connectivity index (χ0) is 17.6. The highest BCUT2D eigenvalue weighted by Crippen LogP contribution is 2.11. The summed E-state index contributed by atoms with van der Waals surface area (Å²) in [5.41, 5.74) is 7.12. The molecular weight excluding hydrogens is 302 g/mol. The minimum absolute atomic E-state index is 0.136. The van der Waals surface area contributed by atoms with E-state index in [0.29, 0.717) is 17.8 Å². The third-order valence-electron chi connectivity index (χ3n) is 3.53. The molecule has 0 fully saturated rings. The fraction of sp³-hybridized carbons (Fsp3) is 0.263. The molecule has 0 saturated heterocycles. The van der Waals surface area contributed by atoms with Crippen molar-refractivity contribution in [3.05, 3.63) is 65.7 Å². The second kappa shape index (κ2) is 7.75. The Morgan fingerprint density at radius 1 is 1.00 bits per heavy atom. The summed E-state index contributed by atoms with van der Waals surface area (Å²) in [5, 5.41) is 5.60. The molecule has 0 aromatic heterocycles. The van der Waals surface area contributed by atoms with Crippen LogP contribution in [0.1, 0.15) is 29.8 Å². The number of carbonyl (C=O) groups excluding carboxylic acids is 2. The lowest BCUT2D eigenvalue weighted by atomic mass is 10.1. The van der Waals surface area contributed by atoms with Gasteiger partial charge in [-0.25, -0.2) is 0 Å². The van der Waals surface area contributed by atoms with E-state index in [-0.39, 0.29) is 11.8 Å². The maximum atomic E-state index is 12.1. The Balaban J connectivity index is 1.86. The number of anilines is 1. The number of nitrogens with two attached hydrogens (primary N) is 1. The van der Waals surface area contributed by atoms with Crippen molar-refractivity contribution in [2.24, 2.45) is 5.73 Å². The van der Waals surface area contributed by atoms with Crippen LogP contribution in [0.2, 0.25) is 0 Å². The first-order valence-electron chi connectivity index (χ1n) is 7.89. The Kier molecular flexibility index (Phi) is 5.71. The summed E-state index contributed by atoms with van der Waals surface area (Å²) >= 11 is 0. The van der Waals surface area contributed by atoms with Gasteiger partial charge in [-0.2, -0.15) is 0 Å². The lowest BCUT2D eigenvalue weighted by Gasteiger charge is -2.17. The largest absolute Gasteiger partial charge is 0.352 e. The molecule has 5 heteroatoms. The molecule has 0 aliphatic rings. The molecule has 4 N–H and O–H groups in total. The molecule has 0 unspecified atom stereocenters. The van der Waals surface area contributed by atoms with Crippen LogP contribution in [0.5, 0.6) is 0 Å². The highest BCUT2D eigenvalue weighted by molar-refractivity contribution is 5.98. The number of nitrogens with one attached hydrogen (secondary N) is 2. The Morgan fingerprint density at radius 2 is 1.62 bits per heavy atom. The monoisotopic (exact) mass is 325 g/mol. The third kappa shape index (κ3) is 5.21. The van der Waals surface area contributed by atoms with E-state index in [1.165, 1.54) is 5.56 Å². The number of amides is 2. The van der Waals surface area contributed by atoms with E-state index in [0.717, 1.165) is 6.42 Å². The Labute approximate surface area is 142 Å². The van der Waals surface area contributed by atoms with Crippen LogP contribution >= 0.6 is 0 Å². The van der Waals surface area contributed by atoms with Crippen LogP contribution in [0.15, 0.2) is 54.6 Å². The van der Waals surface area contributed by atoms with Gasteiger partial charge in [0.2, 0.25) is 5.91 Å². The summed E-state index contributed by atoms with van der Waals surface area (Å²) in [7, 11) is 0. The summed E-state index contributed by atoms with van der Waals surface area (Å²) in [4.78, 5) is 23.9. The molecule has 0 aliphatic heterocycles. The molecule has 2 aromatic rings. The molecule has 0 spiro atoms. The second-order valence-electron chi connectivity index (χ2n) is 6.24. The van der Waals surface area contributed by atoms with Crippen molar-refractivity contribution in [2.45, 2.75) is 25.8 Å². The molecular formula is C19H23N3O2. The van der Waals surface area contributed by atoms with Crippen molar-refractivity contribution in [3.8, 4) is 0 Å². The lowest BCUT2D eigenvalue weighted by Crippen LogP contribution is -2.45. The van der Waals surface area contributed by atoms with E-state index in [2.05, 4.69) is 10.6 Å². The molecule has 2 amide bonds. The predicted octanol–water partition coefficient (Wildman–Crippen LogP) is 2.33. The SMILES string of the molecule is CC(C)(N)C(=O)Nc1ccc(C(=O)NCCc2ccccc2)cc1. The molecule has 0 radical (unpaired) electrons. The van der Waals surface area contributed by atoms with Crippen molar-refractivity contribution < 1.29 is 9.59 Å². The average Bonchev–Trinajstić information content (AvgIpc) is 2.55. The second-order valence-corrected chi connectivity index (χ2v) is 6.24. The van der Waals surface area contributed by atoms with Gasteiger partial charge in [-0.1, -0.05) is 30.3 Å². The van der Waals surface area contributed by atoms with Gasteiger partial charge in [-0.3, -0.25) is 9.59 Å². The molecule has 0 atom stereocenters. The zero-order valence-corrected chi connectivity index (χ0v) is 14.0. The molecule has 0 heterocycles. The Bertz CT molecular complexity index is 689. The molecule has 0 aliphatic carbocycles. The molecule has 24 heavy (non-hydrogen) atoms. The molecule has 2 aromatic carbocycles. The summed E-state index contributed by atoms with van der Waals surface area (Å²) in [6, 6.07) is 16.7. The van der Waals surface area contributed by atoms with Gasteiger partial charge < -0.3 is 16.4 Å². The number of carbonyl (C=O) groups is 2. The first-order valence-corrected chi connectivity index (χ1v) is 7.89. The third-order valence-corrected chi connectivity index (χ3v) is 3.53. The fourth-order valence-electron chi connectivity index (χ4n) is 2.06. The van der Waals surface area contributed by atoms with Gasteiger partial charge >= 0.3 is 0 Å². The van der Waals surface area contributed by atoms with Gasteiger partial charge in [0.05, 0.1) is 5.54 Å². The molecule has 126 valence electrons. The van der Waals surface area contributed by atoms with E-state index in [9.17, 15) is 9.59 Å². The number of hydrogen-bond donors (Lipinski definition) is 3. The van der Waals surface area contributed by atoms with Crippen LogP contribution in [0, 0.1) is 0 Å². The molecule has 2 rings (SSSR count). The van der Waals surface area contributed by atoms with Gasteiger partial charge in [0.25, 0.3) is 5.91 Å². The van der Waals surface area contributed by atoms with E-state index in [1.807, 2.05) is 30.3 Å². The highest BCUT2D eigenvalue weighted by atomic mass is 16.2. The van der Waals surface area contributed by atoms with Crippen molar-refractivity contribution in [1.29, 1.82) is 0 Å². The lowest BCUT2D eigenvalue weighted by molar-refractivity contribution is -0.120. The van der Waals surface area contributed by atoms with Crippen molar-refractivity contribution in [1.82, 2.24) is 5.32 Å². The minimum Gasteiger partial charge on any atom is -0.352 e. The van der Waals surface area contributed by atoms with Crippen LogP contribution in [0.4, 0.5) is 5.69 Å². The van der Waals surface area contributed by atoms with E-state index >= 15 is 0 Å². The van der Waals surface area contributed by atoms with Crippen LogP contribution in [0.3, 0.4) is 0 Å². The normalized spacial score (nSPS) is 11.0. The Hall–Kier alpha value is -2.66. The highest BCUT2D eigenvalue weighted by Gasteiger charge is 2.21. The van der Waals surface area contributed by atoms with Gasteiger partial charge in [-0.05, 0) is 50.1 Å². The van der Waals surface area contributed by atoms with Crippen molar-refractivity contribution in [3.63, 3.8) is 0 Å². The van der Waals surface area contributed by atoms with Crippen LogP contribution in [-0.4, -0.2) is 23.9 Å². The molecule has 0 saturated carbocycles. The summed E-state index contributed by atoms with van der Waals surface area (Å²) < 4.78 is 0. The molecule has 0 bridgehead atoms. The quantitative estimate of drug-likeness (QED) is 0.762. The standard InChI is InChI=1S/C19H23N3O2/c1-19(2,20)18(24)22-16-10-8-15(9-11-16)17(23)21-13-12-14-6-4-3-5-7-14/h3-11H,12-13,20H2,1-2H3,(H,21,23)(H,22,24).